The first-order chi connectivity index (χ1) is 7.50. The molecule has 4 nitrogen and oxygen atoms in total. The van der Waals surface area contributed by atoms with E-state index in [0.717, 1.165) is 18.5 Å². The highest BCUT2D eigenvalue weighted by molar-refractivity contribution is 5.69. The van der Waals surface area contributed by atoms with E-state index < -0.39 is 5.60 Å². The number of hydrogen-bond donors (Lipinski definition) is 4. The van der Waals surface area contributed by atoms with Crippen LogP contribution in [0.25, 0.3) is 0 Å². The summed E-state index contributed by atoms with van der Waals surface area (Å²) < 4.78 is 0. The minimum atomic E-state index is -0.657. The van der Waals surface area contributed by atoms with Crippen LogP contribution in [-0.2, 0) is 0 Å². The molecule has 1 rings (SSSR count). The molecule has 0 bridgehead atoms. The average Bonchev–Trinajstić information content (AvgIpc) is 2.30. The summed E-state index contributed by atoms with van der Waals surface area (Å²) in [4.78, 5) is 0. The van der Waals surface area contributed by atoms with Gasteiger partial charge in [-0.25, -0.2) is 0 Å². The van der Waals surface area contributed by atoms with Gasteiger partial charge in [-0.3, -0.25) is 0 Å². The summed E-state index contributed by atoms with van der Waals surface area (Å²) >= 11 is 0. The van der Waals surface area contributed by atoms with Crippen LogP contribution in [0.5, 0.6) is 0 Å². The summed E-state index contributed by atoms with van der Waals surface area (Å²) in [6, 6.07) is 5.40. The molecule has 0 unspecified atom stereocenters. The normalized spacial score (nSPS) is 11.4. The summed E-state index contributed by atoms with van der Waals surface area (Å²) in [6.07, 6.45) is 1.45. The summed E-state index contributed by atoms with van der Waals surface area (Å²) in [5.41, 5.74) is 12.7. The van der Waals surface area contributed by atoms with Crippen LogP contribution in [0.3, 0.4) is 0 Å². The van der Waals surface area contributed by atoms with E-state index in [9.17, 15) is 5.11 Å². The summed E-state index contributed by atoms with van der Waals surface area (Å²) in [6.45, 7) is 4.47. The van der Waals surface area contributed by atoms with Crippen molar-refractivity contribution in [1.82, 2.24) is 0 Å². The van der Waals surface area contributed by atoms with Gasteiger partial charge in [-0.05, 0) is 31.0 Å². The van der Waals surface area contributed by atoms with Crippen molar-refractivity contribution in [3.05, 3.63) is 18.2 Å². The van der Waals surface area contributed by atoms with E-state index in [1.807, 2.05) is 19.9 Å². The van der Waals surface area contributed by atoms with Gasteiger partial charge in [-0.1, -0.05) is 13.8 Å². The molecule has 0 saturated heterocycles. The van der Waals surface area contributed by atoms with Gasteiger partial charge in [0.1, 0.15) is 0 Å². The zero-order chi connectivity index (χ0) is 12.2. The molecule has 0 saturated carbocycles. The zero-order valence-corrected chi connectivity index (χ0v) is 9.96. The lowest BCUT2D eigenvalue weighted by atomic mass is 9.97. The fourth-order valence-corrected chi connectivity index (χ4v) is 1.45. The number of nitrogens with one attached hydrogen (secondary N) is 1. The maximum Gasteiger partial charge on any atom is 0.0814 e. The van der Waals surface area contributed by atoms with Crippen molar-refractivity contribution in [3.63, 3.8) is 0 Å². The molecular weight excluding hydrogens is 202 g/mol. The van der Waals surface area contributed by atoms with E-state index in [4.69, 9.17) is 11.5 Å². The highest BCUT2D eigenvalue weighted by Gasteiger charge is 2.21. The minimum absolute atomic E-state index is 0.517. The second-order valence-corrected chi connectivity index (χ2v) is 4.13. The van der Waals surface area contributed by atoms with Gasteiger partial charge >= 0.3 is 0 Å². The minimum Gasteiger partial charge on any atom is -0.397 e. The molecule has 0 aliphatic carbocycles. The number of hydrogen-bond acceptors (Lipinski definition) is 4. The smallest absolute Gasteiger partial charge is 0.0814 e. The second-order valence-electron chi connectivity index (χ2n) is 4.13. The maximum absolute atomic E-state index is 10.1. The van der Waals surface area contributed by atoms with Crippen molar-refractivity contribution >= 4 is 17.1 Å². The first kappa shape index (κ1) is 12.6. The van der Waals surface area contributed by atoms with Crippen molar-refractivity contribution in [1.29, 1.82) is 0 Å². The first-order valence-electron chi connectivity index (χ1n) is 5.62. The van der Waals surface area contributed by atoms with Gasteiger partial charge < -0.3 is 21.9 Å². The molecule has 0 spiro atoms. The van der Waals surface area contributed by atoms with Crippen LogP contribution in [0.4, 0.5) is 17.1 Å². The molecule has 0 aliphatic heterocycles. The number of nitrogens with two attached hydrogens (primary N) is 2. The number of aliphatic hydroxyl groups is 1. The third-order valence-corrected chi connectivity index (χ3v) is 3.02. The van der Waals surface area contributed by atoms with E-state index >= 15 is 0 Å². The molecule has 0 aromatic heterocycles. The van der Waals surface area contributed by atoms with Crippen LogP contribution in [-0.4, -0.2) is 17.3 Å². The average molecular weight is 223 g/mol. The van der Waals surface area contributed by atoms with Crippen LogP contribution in [0.2, 0.25) is 0 Å². The van der Waals surface area contributed by atoms with Crippen molar-refractivity contribution in [3.8, 4) is 0 Å². The van der Waals surface area contributed by atoms with Crippen LogP contribution in [0.1, 0.15) is 26.7 Å². The predicted molar refractivity (Wildman–Crippen MR) is 69.3 cm³/mol. The lowest BCUT2D eigenvalue weighted by molar-refractivity contribution is 0.0457. The lowest BCUT2D eigenvalue weighted by Crippen LogP contribution is -2.35. The zero-order valence-electron chi connectivity index (χ0n) is 9.96. The molecule has 1 aromatic rings. The molecule has 90 valence electrons. The number of nitrogen functional groups attached to an aromatic ring is 2. The Labute approximate surface area is 96.6 Å². The predicted octanol–water partition coefficient (Wildman–Crippen LogP) is 1.81. The van der Waals surface area contributed by atoms with E-state index in [-0.39, 0.29) is 0 Å². The molecule has 4 heteroatoms. The summed E-state index contributed by atoms with van der Waals surface area (Å²) in [7, 11) is 0. The van der Waals surface area contributed by atoms with Gasteiger partial charge in [0, 0.05) is 12.2 Å². The molecule has 0 fully saturated rings. The van der Waals surface area contributed by atoms with E-state index in [1.54, 1.807) is 12.1 Å². The Balaban J connectivity index is 2.64. The third kappa shape index (κ3) is 3.03. The SMILES string of the molecule is CCC(O)(CC)CNc1ccc(N)c(N)c1. The van der Waals surface area contributed by atoms with Gasteiger partial charge in [-0.15, -0.1) is 0 Å². The molecule has 0 aliphatic rings. The highest BCUT2D eigenvalue weighted by Crippen LogP contribution is 2.21. The number of benzene rings is 1. The van der Waals surface area contributed by atoms with E-state index in [2.05, 4.69) is 5.32 Å². The first-order valence-corrected chi connectivity index (χ1v) is 5.62. The maximum atomic E-state index is 10.1. The van der Waals surface area contributed by atoms with Crippen LogP contribution >= 0.6 is 0 Å². The Kier molecular flexibility index (Phi) is 4.01. The lowest BCUT2D eigenvalue weighted by Gasteiger charge is -2.26. The molecule has 0 atom stereocenters. The van der Waals surface area contributed by atoms with Crippen molar-refractivity contribution in [2.45, 2.75) is 32.3 Å². The Morgan fingerprint density at radius 3 is 2.31 bits per heavy atom. The van der Waals surface area contributed by atoms with Crippen LogP contribution < -0.4 is 16.8 Å². The number of rotatable bonds is 5. The molecule has 6 N–H and O–H groups in total. The summed E-state index contributed by atoms with van der Waals surface area (Å²) in [5.74, 6) is 0. The second kappa shape index (κ2) is 5.07. The Hall–Kier alpha value is -1.42. The van der Waals surface area contributed by atoms with Gasteiger partial charge in [0.15, 0.2) is 0 Å². The fourth-order valence-electron chi connectivity index (χ4n) is 1.45. The third-order valence-electron chi connectivity index (χ3n) is 3.02. The molecule has 0 amide bonds. The van der Waals surface area contributed by atoms with Gasteiger partial charge in [0.05, 0.1) is 17.0 Å². The van der Waals surface area contributed by atoms with Crippen molar-refractivity contribution in [2.75, 3.05) is 23.3 Å². The van der Waals surface area contributed by atoms with Gasteiger partial charge in [0.2, 0.25) is 0 Å². The number of anilines is 3. The standard InChI is InChI=1S/C12H21N3O/c1-3-12(16,4-2)8-15-9-5-6-10(13)11(14)7-9/h5-7,15-16H,3-4,8,13-14H2,1-2H3. The van der Waals surface area contributed by atoms with Gasteiger partial charge in [0.25, 0.3) is 0 Å². The van der Waals surface area contributed by atoms with E-state index in [0.29, 0.717) is 17.9 Å². The van der Waals surface area contributed by atoms with Crippen molar-refractivity contribution < 1.29 is 5.11 Å². The molecule has 16 heavy (non-hydrogen) atoms. The Bertz CT molecular complexity index is 348. The van der Waals surface area contributed by atoms with Crippen LogP contribution in [0.15, 0.2) is 18.2 Å². The van der Waals surface area contributed by atoms with E-state index in [1.165, 1.54) is 0 Å². The topological polar surface area (TPSA) is 84.3 Å². The largest absolute Gasteiger partial charge is 0.397 e. The quantitative estimate of drug-likeness (QED) is 0.574. The highest BCUT2D eigenvalue weighted by atomic mass is 16.3. The Morgan fingerprint density at radius 2 is 1.81 bits per heavy atom. The molecular formula is C12H21N3O. The summed E-state index contributed by atoms with van der Waals surface area (Å²) in [5, 5.41) is 13.3. The molecule has 0 radical (unpaired) electrons. The fraction of sp³-hybridized carbons (Fsp3) is 0.500. The van der Waals surface area contributed by atoms with Crippen molar-refractivity contribution in [2.24, 2.45) is 0 Å². The van der Waals surface area contributed by atoms with Gasteiger partial charge in [-0.2, -0.15) is 0 Å². The van der Waals surface area contributed by atoms with Crippen LogP contribution in [0, 0.1) is 0 Å². The Morgan fingerprint density at radius 1 is 1.19 bits per heavy atom. The molecule has 0 heterocycles. The monoisotopic (exact) mass is 223 g/mol. The molecule has 1 aromatic carbocycles.